The Labute approximate surface area is 140 Å². The number of carbonyl (C=O) groups excluding carboxylic acids is 1. The number of rotatable bonds is 1. The van der Waals surface area contributed by atoms with Crippen molar-refractivity contribution in [3.05, 3.63) is 33.9 Å². The topological polar surface area (TPSA) is 79.7 Å². The summed E-state index contributed by atoms with van der Waals surface area (Å²) in [6.07, 6.45) is 4.07. The van der Waals surface area contributed by atoms with Crippen LogP contribution in [0.25, 0.3) is 5.65 Å². The Morgan fingerprint density at radius 1 is 1.38 bits per heavy atom. The molecule has 1 unspecified atom stereocenters. The third kappa shape index (κ3) is 3.16. The number of fused-ring (bicyclic) bond motifs is 1. The lowest BCUT2D eigenvalue weighted by atomic mass is 10.00. The maximum atomic E-state index is 12.5. The van der Waals surface area contributed by atoms with Crippen molar-refractivity contribution in [2.45, 2.75) is 58.6 Å². The van der Waals surface area contributed by atoms with E-state index in [9.17, 15) is 9.59 Å². The van der Waals surface area contributed by atoms with Crippen LogP contribution in [0, 0.1) is 6.92 Å². The lowest BCUT2D eigenvalue weighted by Crippen LogP contribution is -2.42. The fourth-order valence-corrected chi connectivity index (χ4v) is 3.03. The Hall–Kier alpha value is -2.31. The molecule has 0 radical (unpaired) electrons. The van der Waals surface area contributed by atoms with Crippen molar-refractivity contribution in [2.24, 2.45) is 0 Å². The van der Waals surface area contributed by atoms with Crippen molar-refractivity contribution in [1.82, 2.24) is 19.5 Å². The average molecular weight is 332 g/mol. The van der Waals surface area contributed by atoms with Crippen LogP contribution in [0.15, 0.2) is 17.1 Å². The summed E-state index contributed by atoms with van der Waals surface area (Å²) < 4.78 is 6.97. The number of aryl methyl sites for hydroxylation is 1. The highest BCUT2D eigenvalue weighted by Gasteiger charge is 2.32. The zero-order chi connectivity index (χ0) is 17.5. The van der Waals surface area contributed by atoms with E-state index in [2.05, 4.69) is 10.1 Å². The molecule has 1 aliphatic rings. The normalized spacial score (nSPS) is 18.8. The number of H-pyrrole nitrogens is 1. The summed E-state index contributed by atoms with van der Waals surface area (Å²) in [6, 6.07) is 1.71. The fraction of sp³-hybridized carbons (Fsp3) is 0.588. The number of carbonyl (C=O) groups is 1. The molecule has 7 heteroatoms. The van der Waals surface area contributed by atoms with E-state index in [1.165, 1.54) is 4.52 Å². The number of hydrogen-bond donors (Lipinski definition) is 1. The number of piperidine rings is 1. The summed E-state index contributed by atoms with van der Waals surface area (Å²) in [5.74, 6) is 0. The van der Waals surface area contributed by atoms with E-state index < -0.39 is 5.60 Å². The van der Waals surface area contributed by atoms with Gasteiger partial charge in [0.05, 0.1) is 11.7 Å². The van der Waals surface area contributed by atoms with Crippen molar-refractivity contribution in [3.8, 4) is 0 Å². The van der Waals surface area contributed by atoms with Crippen LogP contribution in [0.5, 0.6) is 0 Å². The number of aromatic nitrogens is 3. The highest BCUT2D eigenvalue weighted by Crippen LogP contribution is 2.31. The molecule has 2 aromatic rings. The molecule has 2 aromatic heterocycles. The monoisotopic (exact) mass is 332 g/mol. The minimum atomic E-state index is -0.533. The van der Waals surface area contributed by atoms with Gasteiger partial charge in [0, 0.05) is 24.4 Å². The van der Waals surface area contributed by atoms with Crippen molar-refractivity contribution < 1.29 is 9.53 Å². The first-order valence-electron chi connectivity index (χ1n) is 8.33. The number of likely N-dealkylation sites (tertiary alicyclic amines) is 1. The molecule has 1 atom stereocenters. The number of ether oxygens (including phenoxy) is 1. The Kier molecular flexibility index (Phi) is 4.11. The van der Waals surface area contributed by atoms with Crippen molar-refractivity contribution in [3.63, 3.8) is 0 Å². The van der Waals surface area contributed by atoms with Gasteiger partial charge in [-0.2, -0.15) is 0 Å². The molecule has 1 aliphatic heterocycles. The molecule has 0 aliphatic carbocycles. The standard InChI is InChI=1S/C17H24N4O3/c1-11-10-18-14-9-12(19-21(14)15(11)22)13-7-5-6-8-20(13)16(23)24-17(2,3)4/h9-10,13,19H,5-8H2,1-4H3. The Bertz CT molecular complexity index is 815. The molecular formula is C17H24N4O3. The van der Waals surface area contributed by atoms with Gasteiger partial charge in [0.15, 0.2) is 5.65 Å². The van der Waals surface area contributed by atoms with E-state index in [0.717, 1.165) is 25.0 Å². The summed E-state index contributed by atoms with van der Waals surface area (Å²) in [5.41, 5.74) is 1.31. The summed E-state index contributed by atoms with van der Waals surface area (Å²) in [7, 11) is 0. The average Bonchev–Trinajstić information content (AvgIpc) is 2.94. The number of aromatic amines is 1. The minimum absolute atomic E-state index is 0.120. The number of hydrogen-bond acceptors (Lipinski definition) is 4. The van der Waals surface area contributed by atoms with Gasteiger partial charge in [-0.3, -0.25) is 14.8 Å². The predicted molar refractivity (Wildman–Crippen MR) is 90.1 cm³/mol. The highest BCUT2D eigenvalue weighted by molar-refractivity contribution is 5.69. The van der Waals surface area contributed by atoms with E-state index in [1.54, 1.807) is 18.0 Å². The zero-order valence-corrected chi connectivity index (χ0v) is 14.6. The molecule has 1 amide bonds. The molecule has 1 N–H and O–H groups in total. The largest absolute Gasteiger partial charge is 0.444 e. The van der Waals surface area contributed by atoms with Crippen LogP contribution in [0.4, 0.5) is 4.79 Å². The number of amides is 1. The van der Waals surface area contributed by atoms with Gasteiger partial charge in [-0.25, -0.2) is 14.3 Å². The van der Waals surface area contributed by atoms with Gasteiger partial charge < -0.3 is 4.74 Å². The molecule has 3 rings (SSSR count). The first-order valence-corrected chi connectivity index (χ1v) is 8.33. The van der Waals surface area contributed by atoms with Crippen molar-refractivity contribution >= 4 is 11.7 Å². The van der Waals surface area contributed by atoms with Gasteiger partial charge in [-0.1, -0.05) is 0 Å². The van der Waals surface area contributed by atoms with Gasteiger partial charge >= 0.3 is 6.09 Å². The molecule has 24 heavy (non-hydrogen) atoms. The SMILES string of the molecule is Cc1cnc2cc(C3CCCCN3C(=O)OC(C)(C)C)[nH]n2c1=O. The van der Waals surface area contributed by atoms with E-state index >= 15 is 0 Å². The molecule has 0 aromatic carbocycles. The van der Waals surface area contributed by atoms with Crippen LogP contribution < -0.4 is 5.56 Å². The van der Waals surface area contributed by atoms with Crippen LogP contribution in [-0.2, 0) is 4.74 Å². The van der Waals surface area contributed by atoms with Gasteiger partial charge in [0.2, 0.25) is 0 Å². The minimum Gasteiger partial charge on any atom is -0.444 e. The van der Waals surface area contributed by atoms with E-state index in [-0.39, 0.29) is 17.7 Å². The molecule has 3 heterocycles. The van der Waals surface area contributed by atoms with Crippen LogP contribution in [0.1, 0.15) is 57.3 Å². The third-order valence-corrected chi connectivity index (χ3v) is 4.18. The van der Waals surface area contributed by atoms with E-state index in [1.807, 2.05) is 26.8 Å². The molecule has 1 fully saturated rings. The van der Waals surface area contributed by atoms with Gasteiger partial charge in [0.1, 0.15) is 5.60 Å². The second-order valence-corrected chi connectivity index (χ2v) is 7.34. The molecule has 0 bridgehead atoms. The zero-order valence-electron chi connectivity index (χ0n) is 14.6. The quantitative estimate of drug-likeness (QED) is 0.871. The number of nitrogens with zero attached hydrogens (tertiary/aromatic N) is 3. The third-order valence-electron chi connectivity index (χ3n) is 4.18. The van der Waals surface area contributed by atoms with Crippen LogP contribution in [0.2, 0.25) is 0 Å². The van der Waals surface area contributed by atoms with Gasteiger partial charge in [-0.05, 0) is 47.0 Å². The summed E-state index contributed by atoms with van der Waals surface area (Å²) in [5, 5.41) is 3.11. The van der Waals surface area contributed by atoms with Gasteiger partial charge in [0.25, 0.3) is 5.56 Å². The van der Waals surface area contributed by atoms with Crippen molar-refractivity contribution in [1.29, 1.82) is 0 Å². The molecule has 130 valence electrons. The second-order valence-electron chi connectivity index (χ2n) is 7.34. The van der Waals surface area contributed by atoms with E-state index in [4.69, 9.17) is 4.74 Å². The summed E-state index contributed by atoms with van der Waals surface area (Å²) in [6.45, 7) is 7.96. The lowest BCUT2D eigenvalue weighted by Gasteiger charge is -2.36. The Morgan fingerprint density at radius 3 is 2.83 bits per heavy atom. The summed E-state index contributed by atoms with van der Waals surface area (Å²) in [4.78, 5) is 30.8. The maximum Gasteiger partial charge on any atom is 0.410 e. The molecule has 7 nitrogen and oxygen atoms in total. The molecule has 0 saturated carbocycles. The predicted octanol–water partition coefficient (Wildman–Crippen LogP) is 2.79. The Morgan fingerprint density at radius 2 is 2.12 bits per heavy atom. The second kappa shape index (κ2) is 5.96. The van der Waals surface area contributed by atoms with Crippen molar-refractivity contribution in [2.75, 3.05) is 6.54 Å². The van der Waals surface area contributed by atoms with Crippen LogP contribution in [0.3, 0.4) is 0 Å². The Balaban J connectivity index is 1.95. The number of nitrogens with one attached hydrogen (secondary N) is 1. The maximum absolute atomic E-state index is 12.5. The molecule has 1 saturated heterocycles. The first kappa shape index (κ1) is 16.5. The summed E-state index contributed by atoms with van der Waals surface area (Å²) >= 11 is 0. The lowest BCUT2D eigenvalue weighted by molar-refractivity contribution is 0.00897. The molecule has 0 spiro atoms. The van der Waals surface area contributed by atoms with E-state index in [0.29, 0.717) is 17.8 Å². The first-order chi connectivity index (χ1) is 11.3. The molecular weight excluding hydrogens is 308 g/mol. The smallest absolute Gasteiger partial charge is 0.410 e. The van der Waals surface area contributed by atoms with Crippen LogP contribution >= 0.6 is 0 Å². The van der Waals surface area contributed by atoms with Gasteiger partial charge in [-0.15, -0.1) is 0 Å². The van der Waals surface area contributed by atoms with Crippen LogP contribution in [-0.4, -0.2) is 37.7 Å². The fourth-order valence-electron chi connectivity index (χ4n) is 3.03. The highest BCUT2D eigenvalue weighted by atomic mass is 16.6.